The van der Waals surface area contributed by atoms with Crippen molar-refractivity contribution in [1.29, 1.82) is 0 Å². The zero-order chi connectivity index (χ0) is 9.78. The van der Waals surface area contributed by atoms with Crippen molar-refractivity contribution in [3.8, 4) is 0 Å². The summed E-state index contributed by atoms with van der Waals surface area (Å²) < 4.78 is 0. The van der Waals surface area contributed by atoms with Gasteiger partial charge in [-0.05, 0) is 6.42 Å². The lowest BCUT2D eigenvalue weighted by atomic mass is 10.1. The summed E-state index contributed by atoms with van der Waals surface area (Å²) in [4.78, 5) is 10.2. The maximum absolute atomic E-state index is 10.2. The van der Waals surface area contributed by atoms with Gasteiger partial charge in [-0.25, -0.2) is 0 Å². The molecule has 0 radical (unpaired) electrons. The second-order valence-corrected chi connectivity index (χ2v) is 2.62. The molecule has 0 spiro atoms. The van der Waals surface area contributed by atoms with Crippen LogP contribution in [0.25, 0.3) is 0 Å². The van der Waals surface area contributed by atoms with Crippen LogP contribution < -0.4 is 5.73 Å². The Morgan fingerprint density at radius 3 is 2.33 bits per heavy atom. The number of aliphatic hydroxyl groups is 3. The maximum Gasteiger partial charge on any atom is 0.320 e. The first-order valence-corrected chi connectivity index (χ1v) is 3.43. The van der Waals surface area contributed by atoms with E-state index in [-0.39, 0.29) is 12.8 Å². The molecule has 0 heterocycles. The van der Waals surface area contributed by atoms with Gasteiger partial charge in [-0.15, -0.1) is 0 Å². The first-order chi connectivity index (χ1) is 5.39. The molecular formula is C6H13NO5. The van der Waals surface area contributed by atoms with Gasteiger partial charge in [0.1, 0.15) is 6.04 Å². The number of aliphatic hydroxyl groups excluding tert-OH is 1. The number of carbonyl (C=O) groups is 1. The van der Waals surface area contributed by atoms with E-state index in [1.807, 2.05) is 0 Å². The van der Waals surface area contributed by atoms with Crippen LogP contribution in [-0.4, -0.2) is 44.8 Å². The predicted molar refractivity (Wildman–Crippen MR) is 39.1 cm³/mol. The molecule has 0 aromatic heterocycles. The van der Waals surface area contributed by atoms with Gasteiger partial charge in [-0.3, -0.25) is 4.79 Å². The van der Waals surface area contributed by atoms with Gasteiger partial charge in [-0.1, -0.05) is 0 Å². The van der Waals surface area contributed by atoms with E-state index in [2.05, 4.69) is 0 Å². The lowest BCUT2D eigenvalue weighted by Gasteiger charge is -2.19. The first kappa shape index (κ1) is 11.3. The van der Waals surface area contributed by atoms with E-state index >= 15 is 0 Å². The van der Waals surface area contributed by atoms with Gasteiger partial charge in [0.05, 0.1) is 6.61 Å². The molecule has 0 fully saturated rings. The third-order valence-corrected chi connectivity index (χ3v) is 1.43. The summed E-state index contributed by atoms with van der Waals surface area (Å²) in [6.45, 7) is -0.834. The quantitative estimate of drug-likeness (QED) is 0.306. The van der Waals surface area contributed by atoms with Crippen molar-refractivity contribution in [2.75, 3.05) is 6.61 Å². The Hall–Kier alpha value is -0.690. The lowest BCUT2D eigenvalue weighted by molar-refractivity contribution is -0.192. The minimum Gasteiger partial charge on any atom is -0.480 e. The minimum atomic E-state index is -2.23. The van der Waals surface area contributed by atoms with E-state index in [1.54, 1.807) is 0 Å². The van der Waals surface area contributed by atoms with Gasteiger partial charge in [0.15, 0.2) is 5.79 Å². The Bertz CT molecular complexity index is 158. The van der Waals surface area contributed by atoms with Gasteiger partial charge >= 0.3 is 5.97 Å². The zero-order valence-corrected chi connectivity index (χ0v) is 6.47. The predicted octanol–water partition coefficient (Wildman–Crippen LogP) is -2.15. The summed E-state index contributed by atoms with van der Waals surface area (Å²) in [7, 11) is 0. The number of hydrogen-bond acceptors (Lipinski definition) is 5. The summed E-state index contributed by atoms with van der Waals surface area (Å²) in [5, 5.41) is 34.3. The number of nitrogens with two attached hydrogens (primary N) is 1. The van der Waals surface area contributed by atoms with E-state index in [0.29, 0.717) is 0 Å². The molecule has 0 saturated heterocycles. The van der Waals surface area contributed by atoms with Crippen LogP contribution in [0.2, 0.25) is 0 Å². The summed E-state index contributed by atoms with van der Waals surface area (Å²) in [5.74, 6) is -3.43. The van der Waals surface area contributed by atoms with Crippen molar-refractivity contribution in [3.05, 3.63) is 0 Å². The van der Waals surface area contributed by atoms with E-state index < -0.39 is 24.4 Å². The van der Waals surface area contributed by atoms with Crippen LogP contribution in [0.5, 0.6) is 0 Å². The standard InChI is InChI=1S/C6H13NO5/c7-4(5(9)10)1-2-6(11,12)3-8/h4,8,11-12H,1-3,7H2,(H,9,10)/t4-/m0/s1. The third kappa shape index (κ3) is 4.24. The molecule has 0 aliphatic heterocycles. The van der Waals surface area contributed by atoms with Crippen molar-refractivity contribution in [2.24, 2.45) is 5.73 Å². The average Bonchev–Trinajstić information content (AvgIpc) is 2.00. The molecule has 0 aliphatic carbocycles. The maximum atomic E-state index is 10.2. The molecule has 0 aromatic carbocycles. The van der Waals surface area contributed by atoms with E-state index in [9.17, 15) is 4.79 Å². The van der Waals surface area contributed by atoms with Gasteiger partial charge in [0.25, 0.3) is 0 Å². The van der Waals surface area contributed by atoms with Crippen molar-refractivity contribution < 1.29 is 25.2 Å². The van der Waals surface area contributed by atoms with Crippen LogP contribution in [-0.2, 0) is 4.79 Å². The highest BCUT2D eigenvalue weighted by atomic mass is 16.5. The Balaban J connectivity index is 3.75. The molecule has 0 aliphatic rings. The van der Waals surface area contributed by atoms with Crippen LogP contribution in [0.15, 0.2) is 0 Å². The van der Waals surface area contributed by atoms with E-state index in [1.165, 1.54) is 0 Å². The van der Waals surface area contributed by atoms with E-state index in [0.717, 1.165) is 0 Å². The molecule has 6 N–H and O–H groups in total. The summed E-state index contributed by atoms with van der Waals surface area (Å²) in [6, 6.07) is -1.13. The van der Waals surface area contributed by atoms with Gasteiger partial charge in [-0.2, -0.15) is 0 Å². The summed E-state index contributed by atoms with van der Waals surface area (Å²) >= 11 is 0. The Labute approximate surface area is 69.2 Å². The number of carboxylic acid groups (broad SMARTS) is 1. The molecule has 0 rings (SSSR count). The van der Waals surface area contributed by atoms with Crippen LogP contribution in [0.1, 0.15) is 12.8 Å². The van der Waals surface area contributed by atoms with Crippen LogP contribution in [0.4, 0.5) is 0 Å². The molecule has 0 bridgehead atoms. The Kier molecular flexibility index (Phi) is 4.11. The number of hydrogen-bond donors (Lipinski definition) is 5. The topological polar surface area (TPSA) is 124 Å². The highest BCUT2D eigenvalue weighted by molar-refractivity contribution is 5.72. The highest BCUT2D eigenvalue weighted by Crippen LogP contribution is 2.08. The van der Waals surface area contributed by atoms with Crippen molar-refractivity contribution in [3.63, 3.8) is 0 Å². The Morgan fingerprint density at radius 2 is 2.00 bits per heavy atom. The lowest BCUT2D eigenvalue weighted by Crippen LogP contribution is -2.37. The molecule has 0 amide bonds. The second kappa shape index (κ2) is 4.36. The largest absolute Gasteiger partial charge is 0.480 e. The number of aliphatic carboxylic acids is 1. The number of carboxylic acids is 1. The molecule has 12 heavy (non-hydrogen) atoms. The average molecular weight is 179 g/mol. The normalized spacial score (nSPS) is 14.3. The second-order valence-electron chi connectivity index (χ2n) is 2.62. The van der Waals surface area contributed by atoms with Gasteiger partial charge in [0, 0.05) is 6.42 Å². The molecule has 0 saturated carbocycles. The molecule has 72 valence electrons. The molecular weight excluding hydrogens is 166 g/mol. The highest BCUT2D eigenvalue weighted by Gasteiger charge is 2.24. The van der Waals surface area contributed by atoms with Crippen LogP contribution in [0, 0.1) is 0 Å². The zero-order valence-electron chi connectivity index (χ0n) is 6.47. The van der Waals surface area contributed by atoms with Gasteiger partial charge in [0.2, 0.25) is 0 Å². The Morgan fingerprint density at radius 1 is 1.50 bits per heavy atom. The monoisotopic (exact) mass is 179 g/mol. The molecule has 1 atom stereocenters. The van der Waals surface area contributed by atoms with E-state index in [4.69, 9.17) is 26.2 Å². The molecule has 6 nitrogen and oxygen atoms in total. The van der Waals surface area contributed by atoms with Gasteiger partial charge < -0.3 is 26.2 Å². The van der Waals surface area contributed by atoms with Crippen LogP contribution >= 0.6 is 0 Å². The van der Waals surface area contributed by atoms with Crippen molar-refractivity contribution >= 4 is 5.97 Å². The minimum absolute atomic E-state index is 0.0944. The van der Waals surface area contributed by atoms with Crippen molar-refractivity contribution in [2.45, 2.75) is 24.7 Å². The van der Waals surface area contributed by atoms with Crippen molar-refractivity contribution in [1.82, 2.24) is 0 Å². The fourth-order valence-corrected chi connectivity index (χ4v) is 0.589. The first-order valence-electron chi connectivity index (χ1n) is 3.43. The summed E-state index contributed by atoms with van der Waals surface area (Å²) in [6.07, 6.45) is -0.361. The smallest absolute Gasteiger partial charge is 0.320 e. The molecule has 6 heteroatoms. The third-order valence-electron chi connectivity index (χ3n) is 1.43. The fraction of sp³-hybridized carbons (Fsp3) is 0.833. The SMILES string of the molecule is N[C@@H](CCC(O)(O)CO)C(=O)O. The summed E-state index contributed by atoms with van der Waals surface area (Å²) in [5.41, 5.74) is 5.07. The number of rotatable bonds is 5. The fourth-order valence-electron chi connectivity index (χ4n) is 0.589. The molecule has 0 unspecified atom stereocenters. The van der Waals surface area contributed by atoms with Crippen LogP contribution in [0.3, 0.4) is 0 Å². The molecule has 0 aromatic rings.